The van der Waals surface area contributed by atoms with Crippen LogP contribution in [0.2, 0.25) is 0 Å². The Morgan fingerprint density at radius 1 is 1.19 bits per heavy atom. The van der Waals surface area contributed by atoms with E-state index in [1.807, 2.05) is 0 Å². The first-order chi connectivity index (χ1) is 7.59. The van der Waals surface area contributed by atoms with Crippen molar-refractivity contribution in [2.24, 2.45) is 5.92 Å². The van der Waals surface area contributed by atoms with Crippen LogP contribution >= 0.6 is 0 Å². The van der Waals surface area contributed by atoms with Gasteiger partial charge in [-0.2, -0.15) is 0 Å². The van der Waals surface area contributed by atoms with E-state index in [1.165, 1.54) is 0 Å². The molecule has 16 heavy (non-hydrogen) atoms. The van der Waals surface area contributed by atoms with E-state index in [1.54, 1.807) is 0 Å². The molecule has 1 saturated heterocycles. The lowest BCUT2D eigenvalue weighted by Crippen LogP contribution is -2.47. The molecule has 2 rings (SSSR count). The Bertz CT molecular complexity index is 323. The second-order valence-electron chi connectivity index (χ2n) is 5.15. The van der Waals surface area contributed by atoms with E-state index >= 15 is 0 Å². The van der Waals surface area contributed by atoms with E-state index < -0.39 is 10.0 Å². The lowest BCUT2D eigenvalue weighted by atomic mass is 10.1. The van der Waals surface area contributed by atoms with E-state index in [2.05, 4.69) is 17.0 Å². The second kappa shape index (κ2) is 5.02. The van der Waals surface area contributed by atoms with Crippen molar-refractivity contribution in [1.82, 2.24) is 10.0 Å². The molecule has 4 nitrogen and oxygen atoms in total. The van der Waals surface area contributed by atoms with Gasteiger partial charge in [0.15, 0.2) is 0 Å². The summed E-state index contributed by atoms with van der Waals surface area (Å²) in [5.41, 5.74) is 0. The summed E-state index contributed by atoms with van der Waals surface area (Å²) in [7, 11) is -3.11. The molecule has 0 aromatic rings. The van der Waals surface area contributed by atoms with E-state index in [0.717, 1.165) is 38.6 Å². The van der Waals surface area contributed by atoms with Gasteiger partial charge < -0.3 is 5.32 Å². The van der Waals surface area contributed by atoms with Crippen LogP contribution < -0.4 is 10.0 Å². The summed E-state index contributed by atoms with van der Waals surface area (Å²) in [5, 5.41) is 2.93. The minimum atomic E-state index is -3.11. The number of sulfonamides is 1. The van der Waals surface area contributed by atoms with Crippen LogP contribution in [0.4, 0.5) is 0 Å². The molecule has 0 amide bonds. The molecule has 3 unspecified atom stereocenters. The van der Waals surface area contributed by atoms with E-state index in [4.69, 9.17) is 0 Å². The zero-order valence-corrected chi connectivity index (χ0v) is 10.7. The van der Waals surface area contributed by atoms with Gasteiger partial charge in [-0.1, -0.05) is 13.3 Å². The van der Waals surface area contributed by atoms with E-state index in [9.17, 15) is 8.42 Å². The highest BCUT2D eigenvalue weighted by Crippen LogP contribution is 2.26. The first-order valence-electron chi connectivity index (χ1n) is 6.31. The van der Waals surface area contributed by atoms with Gasteiger partial charge in [0.1, 0.15) is 0 Å². The molecule has 2 N–H and O–H groups in total. The van der Waals surface area contributed by atoms with Crippen molar-refractivity contribution in [2.75, 3.05) is 13.1 Å². The molecule has 1 saturated carbocycles. The summed E-state index contributed by atoms with van der Waals surface area (Å²) < 4.78 is 27.2. The van der Waals surface area contributed by atoms with Gasteiger partial charge in [0.05, 0.1) is 5.25 Å². The molecule has 2 aliphatic rings. The topological polar surface area (TPSA) is 58.2 Å². The maximum atomic E-state index is 12.1. The van der Waals surface area contributed by atoms with Crippen molar-refractivity contribution >= 4 is 10.0 Å². The van der Waals surface area contributed by atoms with Gasteiger partial charge in [-0.3, -0.25) is 0 Å². The number of hydrogen-bond donors (Lipinski definition) is 2. The highest BCUT2D eigenvalue weighted by atomic mass is 32.2. The average Bonchev–Trinajstić information content (AvgIpc) is 2.65. The van der Waals surface area contributed by atoms with Crippen LogP contribution in [0.3, 0.4) is 0 Å². The van der Waals surface area contributed by atoms with Crippen LogP contribution in [0.15, 0.2) is 0 Å². The summed E-state index contributed by atoms with van der Waals surface area (Å²) in [6.07, 6.45) is 5.06. The SMILES string of the molecule is CC1CCCC1NS(=O)(=O)C1CCCNC1. The van der Waals surface area contributed by atoms with Crippen molar-refractivity contribution in [1.29, 1.82) is 0 Å². The molecule has 2 fully saturated rings. The molecule has 0 radical (unpaired) electrons. The van der Waals surface area contributed by atoms with Crippen LogP contribution in [0.5, 0.6) is 0 Å². The Hall–Kier alpha value is -0.130. The third-order valence-electron chi connectivity index (χ3n) is 3.87. The lowest BCUT2D eigenvalue weighted by Gasteiger charge is -2.26. The molecule has 0 spiro atoms. The Morgan fingerprint density at radius 3 is 2.56 bits per heavy atom. The van der Waals surface area contributed by atoms with Crippen molar-refractivity contribution in [3.8, 4) is 0 Å². The Labute approximate surface area is 98.2 Å². The summed E-state index contributed by atoms with van der Waals surface area (Å²) >= 11 is 0. The number of nitrogens with one attached hydrogen (secondary N) is 2. The van der Waals surface area contributed by atoms with Gasteiger partial charge in [-0.05, 0) is 38.1 Å². The van der Waals surface area contributed by atoms with Crippen molar-refractivity contribution in [3.63, 3.8) is 0 Å². The Kier molecular flexibility index (Phi) is 3.87. The fraction of sp³-hybridized carbons (Fsp3) is 1.00. The molecule has 0 aromatic carbocycles. The summed E-state index contributed by atoms with van der Waals surface area (Å²) in [5.74, 6) is 0.492. The maximum absolute atomic E-state index is 12.1. The fourth-order valence-corrected chi connectivity index (χ4v) is 4.49. The zero-order valence-electron chi connectivity index (χ0n) is 9.91. The molecule has 0 aromatic heterocycles. The second-order valence-corrected chi connectivity index (χ2v) is 7.14. The van der Waals surface area contributed by atoms with Crippen LogP contribution in [0.25, 0.3) is 0 Å². The Balaban J connectivity index is 1.96. The summed E-state index contributed by atoms with van der Waals surface area (Å²) in [6.45, 7) is 3.70. The Morgan fingerprint density at radius 2 is 2.00 bits per heavy atom. The van der Waals surface area contributed by atoms with Gasteiger partial charge >= 0.3 is 0 Å². The fourth-order valence-electron chi connectivity index (χ4n) is 2.71. The largest absolute Gasteiger partial charge is 0.315 e. The van der Waals surface area contributed by atoms with Gasteiger partial charge in [0, 0.05) is 12.6 Å². The minimum Gasteiger partial charge on any atom is -0.315 e. The molecule has 94 valence electrons. The van der Waals surface area contributed by atoms with Gasteiger partial charge in [0.25, 0.3) is 0 Å². The molecule has 0 bridgehead atoms. The standard InChI is InChI=1S/C11H22N2O2S/c1-9-4-2-6-11(9)13-16(14,15)10-5-3-7-12-8-10/h9-13H,2-8H2,1H3. The summed E-state index contributed by atoms with van der Waals surface area (Å²) in [4.78, 5) is 0. The van der Waals surface area contributed by atoms with Gasteiger partial charge in [-0.15, -0.1) is 0 Å². The highest BCUT2D eigenvalue weighted by Gasteiger charge is 2.32. The third kappa shape index (κ3) is 2.76. The molecular weight excluding hydrogens is 224 g/mol. The van der Waals surface area contributed by atoms with Crippen LogP contribution in [-0.2, 0) is 10.0 Å². The molecule has 5 heteroatoms. The van der Waals surface area contributed by atoms with Crippen molar-refractivity contribution in [2.45, 2.75) is 50.3 Å². The van der Waals surface area contributed by atoms with E-state index in [-0.39, 0.29) is 11.3 Å². The number of piperidine rings is 1. The molecule has 1 aliphatic heterocycles. The average molecular weight is 246 g/mol. The monoisotopic (exact) mass is 246 g/mol. The maximum Gasteiger partial charge on any atom is 0.215 e. The van der Waals surface area contributed by atoms with Crippen LogP contribution in [-0.4, -0.2) is 32.8 Å². The predicted octanol–water partition coefficient (Wildman–Crippen LogP) is 0.846. The van der Waals surface area contributed by atoms with Gasteiger partial charge in [0.2, 0.25) is 10.0 Å². The first kappa shape index (κ1) is 12.3. The predicted molar refractivity (Wildman–Crippen MR) is 64.8 cm³/mol. The number of rotatable bonds is 3. The van der Waals surface area contributed by atoms with Crippen molar-refractivity contribution in [3.05, 3.63) is 0 Å². The lowest BCUT2D eigenvalue weighted by molar-refractivity contribution is 0.453. The minimum absolute atomic E-state index is 0.173. The normalized spacial score (nSPS) is 36.4. The zero-order chi connectivity index (χ0) is 11.6. The van der Waals surface area contributed by atoms with E-state index in [0.29, 0.717) is 12.5 Å². The molecule has 1 aliphatic carbocycles. The third-order valence-corrected chi connectivity index (χ3v) is 5.78. The highest BCUT2D eigenvalue weighted by molar-refractivity contribution is 7.90. The van der Waals surface area contributed by atoms with Gasteiger partial charge in [-0.25, -0.2) is 13.1 Å². The first-order valence-corrected chi connectivity index (χ1v) is 7.86. The summed E-state index contributed by atoms with van der Waals surface area (Å²) in [6, 6.07) is 0.173. The van der Waals surface area contributed by atoms with Crippen molar-refractivity contribution < 1.29 is 8.42 Å². The van der Waals surface area contributed by atoms with Crippen LogP contribution in [0.1, 0.15) is 39.0 Å². The van der Waals surface area contributed by atoms with Crippen LogP contribution in [0, 0.1) is 5.92 Å². The molecular formula is C11H22N2O2S. The smallest absolute Gasteiger partial charge is 0.215 e. The quantitative estimate of drug-likeness (QED) is 0.776. The number of hydrogen-bond acceptors (Lipinski definition) is 3. The molecule has 3 atom stereocenters. The molecule has 1 heterocycles.